The van der Waals surface area contributed by atoms with Crippen molar-refractivity contribution in [1.29, 1.82) is 0 Å². The van der Waals surface area contributed by atoms with E-state index in [4.69, 9.17) is 18.8 Å². The molecule has 0 aromatic rings. The van der Waals surface area contributed by atoms with Crippen LogP contribution in [0.25, 0.3) is 0 Å². The molecule has 0 bridgehead atoms. The van der Waals surface area contributed by atoms with Crippen molar-refractivity contribution in [1.82, 2.24) is 0 Å². The molecule has 11 heteroatoms. The van der Waals surface area contributed by atoms with E-state index in [0.29, 0.717) is 6.42 Å². The second-order valence-electron chi connectivity index (χ2n) is 6.87. The molecule has 0 aliphatic heterocycles. The Kier molecular flexibility index (Phi) is 16.1. The summed E-state index contributed by atoms with van der Waals surface area (Å²) in [4.78, 5) is 36.3. The Bertz CT molecular complexity index is 698. The third kappa shape index (κ3) is 13.0. The molecule has 0 amide bonds. The SMILES string of the molecule is C=C(C)C(=O)OCC(CCC)(COC(=O)C(=C)C)C(=O)OCCCCS(=O)(=O)O.[KH]. The predicted molar refractivity (Wildman–Crippen MR) is 113 cm³/mol. The molecule has 0 unspecified atom stereocenters. The molecular formula is C19H31KO9S. The number of hydrogen-bond acceptors (Lipinski definition) is 8. The third-order valence-electron chi connectivity index (χ3n) is 3.85. The van der Waals surface area contributed by atoms with Gasteiger partial charge in [0.1, 0.15) is 18.6 Å². The number of unbranched alkanes of at least 4 members (excludes halogenated alkanes) is 1. The van der Waals surface area contributed by atoms with Crippen molar-refractivity contribution in [2.24, 2.45) is 5.41 Å². The number of hydrogen-bond donors (Lipinski definition) is 1. The summed E-state index contributed by atoms with van der Waals surface area (Å²) in [6, 6.07) is 0. The van der Waals surface area contributed by atoms with Crippen LogP contribution in [0.5, 0.6) is 0 Å². The van der Waals surface area contributed by atoms with Crippen molar-refractivity contribution in [2.45, 2.75) is 46.5 Å². The first-order chi connectivity index (χ1) is 13.3. The van der Waals surface area contributed by atoms with E-state index in [2.05, 4.69) is 13.2 Å². The summed E-state index contributed by atoms with van der Waals surface area (Å²) in [5.74, 6) is -2.58. The average molecular weight is 475 g/mol. The maximum absolute atomic E-state index is 12.8. The number of rotatable bonds is 14. The summed E-state index contributed by atoms with van der Waals surface area (Å²) in [6.45, 7) is 10.8. The number of carbonyl (C=O) groups is 3. The zero-order valence-electron chi connectivity index (χ0n) is 17.2. The Morgan fingerprint density at radius 1 is 0.933 bits per heavy atom. The molecule has 168 valence electrons. The van der Waals surface area contributed by atoms with Gasteiger partial charge < -0.3 is 14.2 Å². The van der Waals surface area contributed by atoms with Gasteiger partial charge in [0.25, 0.3) is 10.1 Å². The number of carbonyl (C=O) groups excluding carboxylic acids is 3. The van der Waals surface area contributed by atoms with Crippen LogP contribution >= 0.6 is 0 Å². The van der Waals surface area contributed by atoms with Crippen molar-refractivity contribution in [3.8, 4) is 0 Å². The molecule has 0 heterocycles. The molecule has 0 rings (SSSR count). The van der Waals surface area contributed by atoms with Gasteiger partial charge in [0.15, 0.2) is 0 Å². The van der Waals surface area contributed by atoms with E-state index in [-0.39, 0.29) is 102 Å². The van der Waals surface area contributed by atoms with Crippen LogP contribution in [-0.2, 0) is 38.7 Å². The first kappa shape index (κ1) is 31.6. The van der Waals surface area contributed by atoms with E-state index in [0.717, 1.165) is 0 Å². The van der Waals surface area contributed by atoms with Crippen LogP contribution in [-0.4, -0.2) is 108 Å². The Morgan fingerprint density at radius 2 is 1.40 bits per heavy atom. The molecule has 0 aliphatic rings. The van der Waals surface area contributed by atoms with Gasteiger partial charge in [-0.15, -0.1) is 0 Å². The minimum atomic E-state index is -4.09. The first-order valence-electron chi connectivity index (χ1n) is 9.12. The van der Waals surface area contributed by atoms with E-state index in [9.17, 15) is 22.8 Å². The van der Waals surface area contributed by atoms with Crippen LogP contribution in [0, 0.1) is 5.41 Å². The Morgan fingerprint density at radius 3 is 1.77 bits per heavy atom. The van der Waals surface area contributed by atoms with Crippen molar-refractivity contribution < 1.29 is 41.6 Å². The quantitative estimate of drug-likeness (QED) is 0.0994. The average Bonchev–Trinajstić information content (AvgIpc) is 2.61. The first-order valence-corrected chi connectivity index (χ1v) is 10.7. The Balaban J connectivity index is 0. The van der Waals surface area contributed by atoms with E-state index in [1.807, 2.05) is 0 Å². The summed E-state index contributed by atoms with van der Waals surface area (Å²) >= 11 is 0. The van der Waals surface area contributed by atoms with Crippen LogP contribution in [0.3, 0.4) is 0 Å². The van der Waals surface area contributed by atoms with Gasteiger partial charge in [-0.25, -0.2) is 9.59 Å². The maximum atomic E-state index is 12.8. The summed E-state index contributed by atoms with van der Waals surface area (Å²) in [5, 5.41) is 0. The summed E-state index contributed by atoms with van der Waals surface area (Å²) in [7, 11) is -4.09. The molecular weight excluding hydrogens is 443 g/mol. The predicted octanol–water partition coefficient (Wildman–Crippen LogP) is 1.57. The van der Waals surface area contributed by atoms with Crippen LogP contribution in [0.2, 0.25) is 0 Å². The molecule has 0 radical (unpaired) electrons. The van der Waals surface area contributed by atoms with Gasteiger partial charge in [-0.3, -0.25) is 9.35 Å². The van der Waals surface area contributed by atoms with Gasteiger partial charge in [-0.05, 0) is 33.1 Å². The number of ether oxygens (including phenoxy) is 3. The molecule has 0 spiro atoms. The Labute approximate surface area is 220 Å². The van der Waals surface area contributed by atoms with Gasteiger partial charge >= 0.3 is 69.3 Å². The fourth-order valence-corrected chi connectivity index (χ4v) is 2.81. The van der Waals surface area contributed by atoms with Crippen molar-refractivity contribution >= 4 is 79.4 Å². The topological polar surface area (TPSA) is 133 Å². The summed E-state index contributed by atoms with van der Waals surface area (Å²) in [5.41, 5.74) is -1.13. The molecule has 1 N–H and O–H groups in total. The van der Waals surface area contributed by atoms with Gasteiger partial charge in [-0.2, -0.15) is 8.42 Å². The van der Waals surface area contributed by atoms with Gasteiger partial charge in [0.2, 0.25) is 0 Å². The van der Waals surface area contributed by atoms with Crippen molar-refractivity contribution in [3.05, 3.63) is 24.3 Å². The number of esters is 3. The van der Waals surface area contributed by atoms with Gasteiger partial charge in [0.05, 0.1) is 12.4 Å². The third-order valence-corrected chi connectivity index (χ3v) is 4.65. The molecule has 0 saturated carbocycles. The van der Waals surface area contributed by atoms with Crippen LogP contribution in [0.1, 0.15) is 46.5 Å². The van der Waals surface area contributed by atoms with Crippen LogP contribution < -0.4 is 0 Å². The fourth-order valence-electron chi connectivity index (χ4n) is 2.24. The second-order valence-corrected chi connectivity index (χ2v) is 8.44. The Hall–Kier alpha value is -0.564. The molecule has 0 atom stereocenters. The van der Waals surface area contributed by atoms with E-state index in [1.165, 1.54) is 13.8 Å². The fraction of sp³-hybridized carbons (Fsp3) is 0.632. The molecule has 0 aromatic carbocycles. The van der Waals surface area contributed by atoms with Crippen LogP contribution in [0.15, 0.2) is 24.3 Å². The van der Waals surface area contributed by atoms with Gasteiger partial charge in [-0.1, -0.05) is 26.5 Å². The molecule has 0 aliphatic carbocycles. The van der Waals surface area contributed by atoms with Crippen molar-refractivity contribution in [2.75, 3.05) is 25.6 Å². The standard InChI is InChI=1S/C19H30O9S.K.H/c1-6-9-19(12-27-16(20)14(2)3,13-28-17(21)15(4)5)18(22)26-10-7-8-11-29(23,24)25;;/h2,4,6-13H2,1,3,5H3,(H,23,24,25);;. The zero-order chi connectivity index (χ0) is 22.7. The van der Waals surface area contributed by atoms with E-state index in [1.54, 1.807) is 6.92 Å². The molecule has 0 aromatic heterocycles. The molecule has 30 heavy (non-hydrogen) atoms. The summed E-state index contributed by atoms with van der Waals surface area (Å²) < 4.78 is 45.6. The summed E-state index contributed by atoms with van der Waals surface area (Å²) in [6.07, 6.45) is 1.02. The normalized spacial score (nSPS) is 11.1. The van der Waals surface area contributed by atoms with Crippen molar-refractivity contribution in [3.63, 3.8) is 0 Å². The molecule has 0 fully saturated rings. The van der Waals surface area contributed by atoms with Gasteiger partial charge in [0, 0.05) is 11.1 Å². The van der Waals surface area contributed by atoms with E-state index >= 15 is 0 Å². The van der Waals surface area contributed by atoms with Crippen LogP contribution in [0.4, 0.5) is 0 Å². The molecule has 0 saturated heterocycles. The minimum absolute atomic E-state index is 0. The second kappa shape index (κ2) is 15.3. The van der Waals surface area contributed by atoms with E-state index < -0.39 is 39.2 Å². The zero-order valence-corrected chi connectivity index (χ0v) is 18.0. The monoisotopic (exact) mass is 474 g/mol. The molecule has 9 nitrogen and oxygen atoms in total.